The van der Waals surface area contributed by atoms with Gasteiger partial charge in [-0.2, -0.15) is 9.40 Å². The third-order valence-electron chi connectivity index (χ3n) is 5.52. The Labute approximate surface area is 198 Å². The minimum atomic E-state index is -3.53. The number of hydrogen-bond acceptors (Lipinski definition) is 5. The minimum Gasteiger partial charge on any atom is -0.307 e. The summed E-state index contributed by atoms with van der Waals surface area (Å²) in [6.07, 6.45) is 1.68. The number of halogens is 1. The first kappa shape index (κ1) is 23.4. The van der Waals surface area contributed by atoms with E-state index in [1.807, 2.05) is 42.2 Å². The summed E-state index contributed by atoms with van der Waals surface area (Å²) in [5.74, 6) is 0.0786. The lowest BCUT2D eigenvalue weighted by molar-refractivity contribution is -0.117. The van der Waals surface area contributed by atoms with E-state index in [2.05, 4.69) is 10.4 Å². The molecular weight excluding hydrogens is 462 g/mol. The third kappa shape index (κ3) is 5.80. The number of aromatic nitrogens is 2. The van der Waals surface area contributed by atoms with Crippen LogP contribution in [0, 0.1) is 6.92 Å². The van der Waals surface area contributed by atoms with Gasteiger partial charge in [0.1, 0.15) is 5.02 Å². The molecule has 1 aliphatic heterocycles. The van der Waals surface area contributed by atoms with Crippen molar-refractivity contribution in [2.24, 2.45) is 0 Å². The van der Waals surface area contributed by atoms with Crippen LogP contribution in [-0.2, 0) is 21.4 Å². The van der Waals surface area contributed by atoms with Crippen LogP contribution in [-0.4, -0.2) is 66.0 Å². The van der Waals surface area contributed by atoms with E-state index in [0.29, 0.717) is 48.5 Å². The molecule has 10 heteroatoms. The lowest BCUT2D eigenvalue weighted by Crippen LogP contribution is -2.50. The molecule has 1 N–H and O–H groups in total. The maximum Gasteiger partial charge on any atom is 0.243 e. The molecule has 0 bridgehead atoms. The van der Waals surface area contributed by atoms with Gasteiger partial charge in [-0.3, -0.25) is 14.4 Å². The summed E-state index contributed by atoms with van der Waals surface area (Å²) in [7, 11) is -3.53. The van der Waals surface area contributed by atoms with Crippen LogP contribution in [0.5, 0.6) is 0 Å². The Balaban J connectivity index is 1.29. The molecule has 33 heavy (non-hydrogen) atoms. The molecule has 1 aromatic heterocycles. The van der Waals surface area contributed by atoms with Crippen LogP contribution in [0.3, 0.4) is 0 Å². The highest BCUT2D eigenvalue weighted by Crippen LogP contribution is 2.21. The second-order valence-electron chi connectivity index (χ2n) is 8.05. The molecule has 0 spiro atoms. The van der Waals surface area contributed by atoms with E-state index in [9.17, 15) is 13.2 Å². The van der Waals surface area contributed by atoms with Crippen molar-refractivity contribution in [2.75, 3.05) is 38.0 Å². The van der Waals surface area contributed by atoms with Gasteiger partial charge in [0.2, 0.25) is 15.9 Å². The average molecular weight is 488 g/mol. The highest BCUT2D eigenvalue weighted by atomic mass is 35.5. The molecule has 8 nitrogen and oxygen atoms in total. The number of amides is 1. The van der Waals surface area contributed by atoms with Gasteiger partial charge in [0.15, 0.2) is 5.82 Å². The maximum atomic E-state index is 12.8. The average Bonchev–Trinajstić information content (AvgIpc) is 3.13. The van der Waals surface area contributed by atoms with E-state index in [0.717, 1.165) is 11.1 Å². The standard InChI is InChI=1S/C23H26ClN5O3S/c1-18-7-9-20(10-8-18)33(31,32)29-13-11-27(12-14-29)17-22(30)25-23-21(24)16-28(26-23)15-19-5-3-2-4-6-19/h2-10,16H,11-15,17H2,1H3,(H,25,26,30). The van der Waals surface area contributed by atoms with Gasteiger partial charge in [0, 0.05) is 32.4 Å². The Morgan fingerprint density at radius 1 is 1.03 bits per heavy atom. The molecule has 1 saturated heterocycles. The largest absolute Gasteiger partial charge is 0.307 e. The van der Waals surface area contributed by atoms with Crippen molar-refractivity contribution in [1.82, 2.24) is 19.0 Å². The predicted octanol–water partition coefficient (Wildman–Crippen LogP) is 2.84. The van der Waals surface area contributed by atoms with Crippen LogP contribution >= 0.6 is 11.6 Å². The number of nitrogens with one attached hydrogen (secondary N) is 1. The summed E-state index contributed by atoms with van der Waals surface area (Å²) in [5.41, 5.74) is 2.09. The van der Waals surface area contributed by atoms with E-state index in [1.54, 1.807) is 35.1 Å². The van der Waals surface area contributed by atoms with Crippen LogP contribution in [0.4, 0.5) is 5.82 Å². The van der Waals surface area contributed by atoms with E-state index in [4.69, 9.17) is 11.6 Å². The molecule has 0 radical (unpaired) electrons. The number of piperazine rings is 1. The minimum absolute atomic E-state index is 0.139. The van der Waals surface area contributed by atoms with Crippen molar-refractivity contribution in [3.63, 3.8) is 0 Å². The second-order valence-corrected chi connectivity index (χ2v) is 10.4. The molecular formula is C23H26ClN5O3S. The van der Waals surface area contributed by atoms with Crippen molar-refractivity contribution in [3.8, 4) is 0 Å². The molecule has 2 aromatic carbocycles. The molecule has 1 amide bonds. The number of sulfonamides is 1. The summed E-state index contributed by atoms with van der Waals surface area (Å²) in [5, 5.41) is 7.50. The fraction of sp³-hybridized carbons (Fsp3) is 0.304. The first-order valence-electron chi connectivity index (χ1n) is 10.7. The first-order chi connectivity index (χ1) is 15.8. The zero-order valence-electron chi connectivity index (χ0n) is 18.3. The highest BCUT2D eigenvalue weighted by Gasteiger charge is 2.29. The maximum absolute atomic E-state index is 12.8. The number of aryl methyl sites for hydroxylation is 1. The lowest BCUT2D eigenvalue weighted by atomic mass is 10.2. The normalized spacial score (nSPS) is 15.5. The second kappa shape index (κ2) is 10.0. The molecule has 0 saturated carbocycles. The summed E-state index contributed by atoms with van der Waals surface area (Å²) < 4.78 is 28.8. The molecule has 0 aliphatic carbocycles. The number of hydrogen-bond donors (Lipinski definition) is 1. The fourth-order valence-corrected chi connectivity index (χ4v) is 5.32. The first-order valence-corrected chi connectivity index (χ1v) is 12.5. The topological polar surface area (TPSA) is 87.5 Å². The number of nitrogens with zero attached hydrogens (tertiary/aromatic N) is 4. The molecule has 1 aliphatic rings. The molecule has 0 atom stereocenters. The molecule has 2 heterocycles. The number of carbonyl (C=O) groups is 1. The zero-order valence-corrected chi connectivity index (χ0v) is 19.9. The summed E-state index contributed by atoms with van der Waals surface area (Å²) in [4.78, 5) is 14.8. The number of carbonyl (C=O) groups excluding carboxylic acids is 1. The smallest absolute Gasteiger partial charge is 0.243 e. The van der Waals surface area contributed by atoms with E-state index >= 15 is 0 Å². The molecule has 1 fully saturated rings. The Morgan fingerprint density at radius 3 is 2.36 bits per heavy atom. The van der Waals surface area contributed by atoms with Crippen molar-refractivity contribution >= 4 is 33.3 Å². The van der Waals surface area contributed by atoms with Crippen LogP contribution < -0.4 is 5.32 Å². The van der Waals surface area contributed by atoms with Crippen molar-refractivity contribution in [3.05, 3.63) is 76.9 Å². The van der Waals surface area contributed by atoms with E-state index < -0.39 is 10.0 Å². The molecule has 174 valence electrons. The van der Waals surface area contributed by atoms with Gasteiger partial charge in [0.25, 0.3) is 0 Å². The Kier molecular flexibility index (Phi) is 7.14. The van der Waals surface area contributed by atoms with Crippen LogP contribution in [0.25, 0.3) is 0 Å². The SMILES string of the molecule is Cc1ccc(S(=O)(=O)N2CCN(CC(=O)Nc3nn(Cc4ccccc4)cc3Cl)CC2)cc1. The van der Waals surface area contributed by atoms with Gasteiger partial charge in [-0.25, -0.2) is 8.42 Å². The van der Waals surface area contributed by atoms with Gasteiger partial charge in [-0.05, 0) is 24.6 Å². The Hall–Kier alpha value is -2.72. The van der Waals surface area contributed by atoms with E-state index in [1.165, 1.54) is 4.31 Å². The van der Waals surface area contributed by atoms with Crippen molar-refractivity contribution in [1.29, 1.82) is 0 Å². The van der Waals surface area contributed by atoms with E-state index in [-0.39, 0.29) is 12.5 Å². The fourth-order valence-electron chi connectivity index (χ4n) is 3.70. The number of benzene rings is 2. The van der Waals surface area contributed by atoms with Crippen molar-refractivity contribution in [2.45, 2.75) is 18.4 Å². The van der Waals surface area contributed by atoms with Gasteiger partial charge in [-0.15, -0.1) is 0 Å². The van der Waals surface area contributed by atoms with Gasteiger partial charge in [-0.1, -0.05) is 59.6 Å². The quantitative estimate of drug-likeness (QED) is 0.553. The lowest BCUT2D eigenvalue weighted by Gasteiger charge is -2.33. The van der Waals surface area contributed by atoms with Crippen LogP contribution in [0.15, 0.2) is 65.7 Å². The zero-order chi connectivity index (χ0) is 23.4. The van der Waals surface area contributed by atoms with Gasteiger partial charge < -0.3 is 5.32 Å². The highest BCUT2D eigenvalue weighted by molar-refractivity contribution is 7.89. The third-order valence-corrected chi connectivity index (χ3v) is 7.71. The summed E-state index contributed by atoms with van der Waals surface area (Å²) in [6.45, 7) is 4.20. The predicted molar refractivity (Wildman–Crippen MR) is 128 cm³/mol. The van der Waals surface area contributed by atoms with Crippen molar-refractivity contribution < 1.29 is 13.2 Å². The molecule has 4 rings (SSSR count). The van der Waals surface area contributed by atoms with Gasteiger partial charge in [0.05, 0.1) is 18.0 Å². The molecule has 3 aromatic rings. The number of anilines is 1. The van der Waals surface area contributed by atoms with Crippen LogP contribution in [0.2, 0.25) is 5.02 Å². The van der Waals surface area contributed by atoms with Crippen LogP contribution in [0.1, 0.15) is 11.1 Å². The summed E-state index contributed by atoms with van der Waals surface area (Å²) in [6, 6.07) is 16.7. The Bertz CT molecular complexity index is 1200. The number of rotatable bonds is 7. The summed E-state index contributed by atoms with van der Waals surface area (Å²) >= 11 is 6.25. The molecule has 0 unspecified atom stereocenters. The monoisotopic (exact) mass is 487 g/mol. The Morgan fingerprint density at radius 2 is 1.70 bits per heavy atom. The van der Waals surface area contributed by atoms with Gasteiger partial charge >= 0.3 is 0 Å².